The number of fused-ring (bicyclic) bond motifs is 3. The molecule has 0 spiro atoms. The monoisotopic (exact) mass is 399 g/mol. The van der Waals surface area contributed by atoms with Gasteiger partial charge in [-0.3, -0.25) is 0 Å². The third-order valence-electron chi connectivity index (χ3n) is 5.69. The lowest BCUT2D eigenvalue weighted by Crippen LogP contribution is -2.08. The molecule has 0 saturated carbocycles. The Hall–Kier alpha value is -3.07. The number of nitrogens with one attached hydrogen (secondary N) is 1. The number of aromatic amines is 1. The highest BCUT2D eigenvalue weighted by Gasteiger charge is 2.11. The smallest absolute Gasteiger partial charge is 0.343 e. The molecule has 0 aliphatic carbocycles. The molecule has 3 aromatic carbocycles. The number of aryl methyl sites for hydroxylation is 1. The van der Waals surface area contributed by atoms with Crippen molar-refractivity contribution in [1.29, 1.82) is 0 Å². The van der Waals surface area contributed by atoms with Crippen LogP contribution in [-0.4, -0.2) is 11.0 Å². The van der Waals surface area contributed by atoms with E-state index in [-0.39, 0.29) is 5.97 Å². The quantitative estimate of drug-likeness (QED) is 0.180. The minimum Gasteiger partial charge on any atom is -0.423 e. The summed E-state index contributed by atoms with van der Waals surface area (Å²) in [7, 11) is 0. The zero-order valence-electron chi connectivity index (χ0n) is 17.6. The van der Waals surface area contributed by atoms with Crippen molar-refractivity contribution in [3.63, 3.8) is 0 Å². The van der Waals surface area contributed by atoms with Crippen LogP contribution in [-0.2, 0) is 6.42 Å². The van der Waals surface area contributed by atoms with Gasteiger partial charge in [0.1, 0.15) is 5.75 Å². The van der Waals surface area contributed by atoms with E-state index < -0.39 is 0 Å². The molecule has 1 N–H and O–H groups in total. The summed E-state index contributed by atoms with van der Waals surface area (Å²) in [5.74, 6) is 0.252. The van der Waals surface area contributed by atoms with Crippen molar-refractivity contribution in [3.8, 4) is 5.75 Å². The number of hydrogen-bond donors (Lipinski definition) is 1. The maximum absolute atomic E-state index is 12.6. The average Bonchev–Trinajstić information content (AvgIpc) is 3.15. The Labute approximate surface area is 178 Å². The standard InChI is InChI=1S/C27H29NO2/c1-2-3-4-5-6-7-10-20-13-16-22(17-14-20)30-27(29)21-15-18-24-23-11-8-9-12-25(23)28-26(24)19-21/h8-9,11-19,28H,2-7,10H2,1H3. The molecule has 0 atom stereocenters. The summed E-state index contributed by atoms with van der Waals surface area (Å²) < 4.78 is 5.60. The number of H-pyrrole nitrogens is 1. The maximum Gasteiger partial charge on any atom is 0.343 e. The third-order valence-corrected chi connectivity index (χ3v) is 5.69. The lowest BCUT2D eigenvalue weighted by Gasteiger charge is -2.06. The van der Waals surface area contributed by atoms with Crippen LogP contribution in [0.15, 0.2) is 66.7 Å². The minimum atomic E-state index is -0.334. The molecule has 0 bridgehead atoms. The van der Waals surface area contributed by atoms with Crippen LogP contribution in [0.5, 0.6) is 5.75 Å². The molecule has 0 aliphatic rings. The second-order valence-electron chi connectivity index (χ2n) is 7.98. The van der Waals surface area contributed by atoms with Crippen LogP contribution in [0.2, 0.25) is 0 Å². The first-order valence-corrected chi connectivity index (χ1v) is 11.1. The predicted molar refractivity (Wildman–Crippen MR) is 124 cm³/mol. The highest BCUT2D eigenvalue weighted by atomic mass is 16.5. The summed E-state index contributed by atoms with van der Waals surface area (Å²) in [5, 5.41) is 2.27. The van der Waals surface area contributed by atoms with Crippen molar-refractivity contribution in [3.05, 3.63) is 77.9 Å². The number of carbonyl (C=O) groups excluding carboxylic acids is 1. The SMILES string of the molecule is CCCCCCCCc1ccc(OC(=O)c2ccc3c(c2)[nH]c2ccccc23)cc1. The van der Waals surface area contributed by atoms with Gasteiger partial charge in [0.15, 0.2) is 0 Å². The van der Waals surface area contributed by atoms with E-state index in [4.69, 9.17) is 4.74 Å². The third kappa shape index (κ3) is 4.73. The molecular formula is C27H29NO2. The Balaban J connectivity index is 1.36. The summed E-state index contributed by atoms with van der Waals surface area (Å²) in [6.07, 6.45) is 8.88. The van der Waals surface area contributed by atoms with E-state index in [1.165, 1.54) is 44.1 Å². The fourth-order valence-electron chi connectivity index (χ4n) is 3.98. The number of esters is 1. The fourth-order valence-corrected chi connectivity index (χ4v) is 3.98. The van der Waals surface area contributed by atoms with Gasteiger partial charge in [-0.2, -0.15) is 0 Å². The number of para-hydroxylation sites is 1. The van der Waals surface area contributed by atoms with Crippen molar-refractivity contribution >= 4 is 27.8 Å². The molecule has 30 heavy (non-hydrogen) atoms. The van der Waals surface area contributed by atoms with Crippen LogP contribution in [0.3, 0.4) is 0 Å². The molecule has 0 aliphatic heterocycles. The summed E-state index contributed by atoms with van der Waals surface area (Å²) in [4.78, 5) is 16.0. The van der Waals surface area contributed by atoms with Crippen molar-refractivity contribution < 1.29 is 9.53 Å². The summed E-state index contributed by atoms with van der Waals surface area (Å²) in [6.45, 7) is 2.24. The second-order valence-corrected chi connectivity index (χ2v) is 7.98. The molecule has 3 nitrogen and oxygen atoms in total. The van der Waals surface area contributed by atoms with E-state index in [9.17, 15) is 4.79 Å². The first-order valence-electron chi connectivity index (χ1n) is 11.1. The normalized spacial score (nSPS) is 11.2. The Morgan fingerprint density at radius 1 is 0.800 bits per heavy atom. The minimum absolute atomic E-state index is 0.334. The van der Waals surface area contributed by atoms with Gasteiger partial charge in [-0.1, -0.05) is 75.4 Å². The van der Waals surface area contributed by atoms with Gasteiger partial charge in [0.05, 0.1) is 5.56 Å². The first-order chi connectivity index (χ1) is 14.7. The van der Waals surface area contributed by atoms with Gasteiger partial charge in [-0.05, 0) is 48.7 Å². The van der Waals surface area contributed by atoms with Crippen LogP contribution in [0.25, 0.3) is 21.8 Å². The van der Waals surface area contributed by atoms with Crippen LogP contribution >= 0.6 is 0 Å². The predicted octanol–water partition coefficient (Wildman–Crippen LogP) is 7.44. The molecule has 3 heteroatoms. The largest absolute Gasteiger partial charge is 0.423 e. The lowest BCUT2D eigenvalue weighted by molar-refractivity contribution is 0.0735. The number of carbonyl (C=O) groups is 1. The van der Waals surface area contributed by atoms with Gasteiger partial charge in [0, 0.05) is 21.8 Å². The Morgan fingerprint density at radius 3 is 2.37 bits per heavy atom. The van der Waals surface area contributed by atoms with Gasteiger partial charge in [-0.15, -0.1) is 0 Å². The molecule has 1 heterocycles. The van der Waals surface area contributed by atoms with E-state index in [1.807, 2.05) is 48.5 Å². The molecule has 0 unspecified atom stereocenters. The lowest BCUT2D eigenvalue weighted by atomic mass is 10.0. The van der Waals surface area contributed by atoms with Gasteiger partial charge in [-0.25, -0.2) is 4.79 Å². The zero-order chi connectivity index (χ0) is 20.8. The molecule has 154 valence electrons. The molecule has 0 amide bonds. The van der Waals surface area contributed by atoms with E-state index in [0.29, 0.717) is 11.3 Å². The number of unbranched alkanes of at least 4 members (excludes halogenated alkanes) is 5. The number of ether oxygens (including phenoxy) is 1. The highest BCUT2D eigenvalue weighted by molar-refractivity contribution is 6.09. The molecule has 4 aromatic rings. The Kier molecular flexibility index (Phi) is 6.48. The van der Waals surface area contributed by atoms with Gasteiger partial charge < -0.3 is 9.72 Å². The van der Waals surface area contributed by atoms with Crippen LogP contribution < -0.4 is 4.74 Å². The highest BCUT2D eigenvalue weighted by Crippen LogP contribution is 2.26. The maximum atomic E-state index is 12.6. The topological polar surface area (TPSA) is 42.1 Å². The second kappa shape index (κ2) is 9.62. The molecule has 1 aromatic heterocycles. The van der Waals surface area contributed by atoms with E-state index >= 15 is 0 Å². The van der Waals surface area contributed by atoms with Crippen LogP contribution in [0, 0.1) is 0 Å². The molecule has 0 fully saturated rings. The summed E-state index contributed by atoms with van der Waals surface area (Å²) in [5.41, 5.74) is 3.86. The number of benzene rings is 3. The van der Waals surface area contributed by atoms with Gasteiger partial charge in [0.2, 0.25) is 0 Å². The zero-order valence-corrected chi connectivity index (χ0v) is 17.6. The number of aromatic nitrogens is 1. The molecule has 4 rings (SSSR count). The van der Waals surface area contributed by atoms with Crippen molar-refractivity contribution in [2.24, 2.45) is 0 Å². The summed E-state index contributed by atoms with van der Waals surface area (Å²) >= 11 is 0. The first kappa shape index (κ1) is 20.2. The number of rotatable bonds is 9. The molecule has 0 radical (unpaired) electrons. The van der Waals surface area contributed by atoms with E-state index in [0.717, 1.165) is 28.2 Å². The van der Waals surface area contributed by atoms with Gasteiger partial charge >= 0.3 is 5.97 Å². The molecule has 0 saturated heterocycles. The summed E-state index contributed by atoms with van der Waals surface area (Å²) in [6, 6.07) is 21.7. The Morgan fingerprint density at radius 2 is 1.53 bits per heavy atom. The van der Waals surface area contributed by atoms with E-state index in [2.05, 4.69) is 30.1 Å². The molecular weight excluding hydrogens is 370 g/mol. The van der Waals surface area contributed by atoms with Crippen LogP contribution in [0.4, 0.5) is 0 Å². The van der Waals surface area contributed by atoms with Crippen molar-refractivity contribution in [2.75, 3.05) is 0 Å². The van der Waals surface area contributed by atoms with Gasteiger partial charge in [0.25, 0.3) is 0 Å². The van der Waals surface area contributed by atoms with Crippen molar-refractivity contribution in [2.45, 2.75) is 51.9 Å². The Bertz CT molecular complexity index is 1120. The van der Waals surface area contributed by atoms with E-state index in [1.54, 1.807) is 0 Å². The van der Waals surface area contributed by atoms with Crippen molar-refractivity contribution in [1.82, 2.24) is 4.98 Å². The fraction of sp³-hybridized carbons (Fsp3) is 0.296. The average molecular weight is 400 g/mol. The van der Waals surface area contributed by atoms with Crippen LogP contribution in [0.1, 0.15) is 61.4 Å². The number of hydrogen-bond acceptors (Lipinski definition) is 2.